The van der Waals surface area contributed by atoms with Gasteiger partial charge in [-0.25, -0.2) is 4.39 Å². The van der Waals surface area contributed by atoms with Crippen molar-refractivity contribution < 1.29 is 13.9 Å². The van der Waals surface area contributed by atoms with Gasteiger partial charge in [0.05, 0.1) is 11.7 Å². The summed E-state index contributed by atoms with van der Waals surface area (Å²) in [6.07, 6.45) is 0.250. The lowest BCUT2D eigenvalue weighted by molar-refractivity contribution is 0.0976. The Balaban J connectivity index is 1.68. The Morgan fingerprint density at radius 1 is 0.920 bits per heavy atom. The summed E-state index contributed by atoms with van der Waals surface area (Å²) in [5, 5.41) is 3.41. The summed E-state index contributed by atoms with van der Waals surface area (Å²) < 4.78 is 19.1. The number of ketones is 1. The maximum Gasteiger partial charge on any atom is 0.165 e. The number of fused-ring (bicyclic) bond motifs is 2. The highest BCUT2D eigenvalue weighted by Crippen LogP contribution is 2.41. The average Bonchev–Trinajstić information content (AvgIpc) is 2.79. The van der Waals surface area contributed by atoms with Crippen LogP contribution in [0.15, 0.2) is 72.8 Å². The van der Waals surface area contributed by atoms with Gasteiger partial charge in [-0.1, -0.05) is 30.3 Å². The number of ether oxygens (including phenoxy) is 1. The van der Waals surface area contributed by atoms with Crippen molar-refractivity contribution in [3.05, 3.63) is 89.7 Å². The normalized spacial score (nSPS) is 15.2. The van der Waals surface area contributed by atoms with Gasteiger partial charge in [-0.05, 0) is 42.5 Å². The molecule has 1 unspecified atom stereocenters. The van der Waals surface area contributed by atoms with Crippen LogP contribution in [-0.2, 0) is 0 Å². The number of halogens is 1. The zero-order chi connectivity index (χ0) is 17.2. The SMILES string of the molecule is O=C(CC1Nc2ccccc2Oc2ccccc21)c1ccc(F)cc1. The summed E-state index contributed by atoms with van der Waals surface area (Å²) in [4.78, 5) is 12.7. The second kappa shape index (κ2) is 6.40. The van der Waals surface area contributed by atoms with Crippen LogP contribution >= 0.6 is 0 Å². The number of hydrogen-bond acceptors (Lipinski definition) is 3. The third-order valence-electron chi connectivity index (χ3n) is 4.29. The molecule has 1 N–H and O–H groups in total. The number of benzene rings is 3. The minimum Gasteiger partial charge on any atom is -0.455 e. The molecule has 0 radical (unpaired) electrons. The largest absolute Gasteiger partial charge is 0.455 e. The van der Waals surface area contributed by atoms with Crippen LogP contribution in [0.3, 0.4) is 0 Å². The molecule has 124 valence electrons. The molecule has 0 spiro atoms. The van der Waals surface area contributed by atoms with Crippen molar-refractivity contribution in [2.24, 2.45) is 0 Å². The lowest BCUT2D eigenvalue weighted by atomic mass is 9.97. The molecule has 1 aliphatic rings. The van der Waals surface area contributed by atoms with Gasteiger partial charge in [0.25, 0.3) is 0 Å². The topological polar surface area (TPSA) is 38.3 Å². The summed E-state index contributed by atoms with van der Waals surface area (Å²) in [6.45, 7) is 0. The summed E-state index contributed by atoms with van der Waals surface area (Å²) in [7, 11) is 0. The highest BCUT2D eigenvalue weighted by atomic mass is 19.1. The Bertz CT molecular complexity index is 921. The summed E-state index contributed by atoms with van der Waals surface area (Å²) in [6, 6.07) is 20.8. The second-order valence-electron chi connectivity index (χ2n) is 5.97. The molecule has 0 saturated heterocycles. The van der Waals surface area contributed by atoms with E-state index in [1.54, 1.807) is 0 Å². The molecule has 0 fully saturated rings. The smallest absolute Gasteiger partial charge is 0.165 e. The first kappa shape index (κ1) is 15.4. The van der Waals surface area contributed by atoms with Gasteiger partial charge in [-0.2, -0.15) is 0 Å². The van der Waals surface area contributed by atoms with E-state index in [0.717, 1.165) is 22.7 Å². The molecule has 1 atom stereocenters. The van der Waals surface area contributed by atoms with E-state index in [2.05, 4.69) is 5.32 Å². The fourth-order valence-corrected chi connectivity index (χ4v) is 3.02. The van der Waals surface area contributed by atoms with E-state index in [1.165, 1.54) is 24.3 Å². The van der Waals surface area contributed by atoms with Gasteiger partial charge in [0, 0.05) is 17.5 Å². The second-order valence-corrected chi connectivity index (χ2v) is 5.97. The van der Waals surface area contributed by atoms with Crippen molar-refractivity contribution >= 4 is 11.5 Å². The van der Waals surface area contributed by atoms with Crippen LogP contribution < -0.4 is 10.1 Å². The lowest BCUT2D eigenvalue weighted by Gasteiger charge is -2.18. The van der Waals surface area contributed by atoms with Crippen LogP contribution in [0.5, 0.6) is 11.5 Å². The molecule has 0 saturated carbocycles. The van der Waals surface area contributed by atoms with E-state index < -0.39 is 0 Å². The summed E-state index contributed by atoms with van der Waals surface area (Å²) in [5.74, 6) is 1.06. The maximum atomic E-state index is 13.1. The minimum atomic E-state index is -0.350. The Morgan fingerprint density at radius 2 is 1.60 bits per heavy atom. The van der Waals surface area contributed by atoms with Crippen molar-refractivity contribution in [3.63, 3.8) is 0 Å². The van der Waals surface area contributed by atoms with E-state index in [0.29, 0.717) is 5.56 Å². The summed E-state index contributed by atoms with van der Waals surface area (Å²) in [5.41, 5.74) is 2.27. The van der Waals surface area contributed by atoms with E-state index in [1.807, 2.05) is 48.5 Å². The molecule has 3 aromatic rings. The average molecular weight is 333 g/mol. The quantitative estimate of drug-likeness (QED) is 0.656. The monoisotopic (exact) mass is 333 g/mol. The van der Waals surface area contributed by atoms with Crippen molar-refractivity contribution in [1.82, 2.24) is 0 Å². The Labute approximate surface area is 145 Å². The van der Waals surface area contributed by atoms with Crippen molar-refractivity contribution in [1.29, 1.82) is 0 Å². The Hall–Kier alpha value is -3.14. The van der Waals surface area contributed by atoms with Crippen molar-refractivity contribution in [2.45, 2.75) is 12.5 Å². The fraction of sp³-hybridized carbons (Fsp3) is 0.0952. The first-order chi connectivity index (χ1) is 12.2. The Morgan fingerprint density at radius 3 is 2.40 bits per heavy atom. The number of para-hydroxylation sites is 3. The van der Waals surface area contributed by atoms with Crippen LogP contribution in [0.25, 0.3) is 0 Å². The van der Waals surface area contributed by atoms with Crippen molar-refractivity contribution in [2.75, 3.05) is 5.32 Å². The minimum absolute atomic E-state index is 0.0494. The number of hydrogen-bond donors (Lipinski definition) is 1. The van der Waals surface area contributed by atoms with E-state index >= 15 is 0 Å². The first-order valence-corrected chi connectivity index (χ1v) is 8.12. The number of nitrogens with one attached hydrogen (secondary N) is 1. The molecule has 3 nitrogen and oxygen atoms in total. The molecule has 3 aromatic carbocycles. The zero-order valence-electron chi connectivity index (χ0n) is 13.4. The summed E-state index contributed by atoms with van der Waals surface area (Å²) >= 11 is 0. The van der Waals surface area contributed by atoms with Crippen LogP contribution in [-0.4, -0.2) is 5.78 Å². The van der Waals surface area contributed by atoms with Gasteiger partial charge >= 0.3 is 0 Å². The Kier molecular flexibility index (Phi) is 3.94. The number of anilines is 1. The van der Waals surface area contributed by atoms with Gasteiger partial charge in [0.2, 0.25) is 0 Å². The standard InChI is InChI=1S/C21H16FNO2/c22-15-11-9-14(10-12-15)19(24)13-18-16-5-1-3-7-20(16)25-21-8-4-2-6-17(21)23-18/h1-12,18,23H,13H2. The number of rotatable bonds is 3. The molecule has 4 heteroatoms. The number of carbonyl (C=O) groups excluding carboxylic acids is 1. The van der Waals surface area contributed by atoms with Gasteiger partial charge in [-0.15, -0.1) is 0 Å². The number of carbonyl (C=O) groups is 1. The predicted octanol–water partition coefficient (Wildman–Crippen LogP) is 5.36. The van der Waals surface area contributed by atoms with Gasteiger partial charge in [0.15, 0.2) is 11.5 Å². The van der Waals surface area contributed by atoms with Crippen molar-refractivity contribution in [3.8, 4) is 11.5 Å². The van der Waals surface area contributed by atoms with E-state index in [9.17, 15) is 9.18 Å². The van der Waals surface area contributed by atoms with E-state index in [4.69, 9.17) is 4.74 Å². The van der Waals surface area contributed by atoms with E-state index in [-0.39, 0.29) is 24.1 Å². The highest BCUT2D eigenvalue weighted by Gasteiger charge is 2.24. The van der Waals surface area contributed by atoms with Crippen LogP contribution in [0.1, 0.15) is 28.4 Å². The molecular weight excluding hydrogens is 317 g/mol. The third kappa shape index (κ3) is 3.11. The van der Waals surface area contributed by atoms with Gasteiger partial charge in [-0.3, -0.25) is 4.79 Å². The molecular formula is C21H16FNO2. The van der Waals surface area contributed by atoms with Crippen LogP contribution in [0, 0.1) is 5.82 Å². The van der Waals surface area contributed by atoms with Gasteiger partial charge in [0.1, 0.15) is 11.6 Å². The molecule has 4 rings (SSSR count). The molecule has 0 aliphatic carbocycles. The third-order valence-corrected chi connectivity index (χ3v) is 4.29. The van der Waals surface area contributed by atoms with Crippen LogP contribution in [0.4, 0.5) is 10.1 Å². The van der Waals surface area contributed by atoms with Crippen LogP contribution in [0.2, 0.25) is 0 Å². The maximum absolute atomic E-state index is 13.1. The predicted molar refractivity (Wildman–Crippen MR) is 94.7 cm³/mol. The zero-order valence-corrected chi connectivity index (χ0v) is 13.4. The van der Waals surface area contributed by atoms with Gasteiger partial charge < -0.3 is 10.1 Å². The molecule has 0 bridgehead atoms. The highest BCUT2D eigenvalue weighted by molar-refractivity contribution is 5.96. The lowest BCUT2D eigenvalue weighted by Crippen LogP contribution is -2.15. The molecule has 0 aromatic heterocycles. The number of Topliss-reactive ketones (excluding diaryl/α,β-unsaturated/α-hetero) is 1. The molecule has 0 amide bonds. The molecule has 25 heavy (non-hydrogen) atoms. The first-order valence-electron chi connectivity index (χ1n) is 8.12. The molecule has 1 aliphatic heterocycles. The fourth-order valence-electron chi connectivity index (χ4n) is 3.02. The molecule has 1 heterocycles.